The second-order valence-electron chi connectivity index (χ2n) is 6.87. The molecule has 0 bridgehead atoms. The van der Waals surface area contributed by atoms with Crippen molar-refractivity contribution in [1.82, 2.24) is 4.57 Å². The molecule has 0 radical (unpaired) electrons. The summed E-state index contributed by atoms with van der Waals surface area (Å²) in [5.41, 5.74) is 10.5. The zero-order valence-electron chi connectivity index (χ0n) is 17.2. The maximum absolute atomic E-state index is 11.8. The molecule has 0 atom stereocenters. The zero-order valence-corrected chi connectivity index (χ0v) is 17.2. The Morgan fingerprint density at radius 1 is 1.21 bits per heavy atom. The van der Waals surface area contributed by atoms with Crippen LogP contribution in [-0.2, 0) is 11.3 Å². The van der Waals surface area contributed by atoms with Crippen LogP contribution in [0, 0.1) is 11.8 Å². The van der Waals surface area contributed by atoms with Gasteiger partial charge in [0.15, 0.2) is 0 Å². The first kappa shape index (κ1) is 20.4. The van der Waals surface area contributed by atoms with Crippen molar-refractivity contribution in [2.45, 2.75) is 32.6 Å². The SMILES string of the molecule is BCCCC(=O)Nc1ccc(C#Cc2c(N)c3ccc(OC)cc3n2CC)cc1. The summed E-state index contributed by atoms with van der Waals surface area (Å²) in [6, 6.07) is 13.4. The number of nitrogen functional groups attached to an aromatic ring is 1. The van der Waals surface area contributed by atoms with Gasteiger partial charge in [-0.1, -0.05) is 18.7 Å². The molecule has 1 heterocycles. The van der Waals surface area contributed by atoms with E-state index in [-0.39, 0.29) is 5.91 Å². The predicted octanol–water partition coefficient (Wildman–Crippen LogP) is 3.42. The second-order valence-corrected chi connectivity index (χ2v) is 6.87. The molecule has 1 amide bonds. The van der Waals surface area contributed by atoms with Crippen LogP contribution in [0.3, 0.4) is 0 Å². The van der Waals surface area contributed by atoms with Gasteiger partial charge in [-0.15, -0.1) is 0 Å². The highest BCUT2D eigenvalue weighted by atomic mass is 16.5. The molecule has 0 spiro atoms. The summed E-state index contributed by atoms with van der Waals surface area (Å²) in [6.07, 6.45) is 2.45. The molecular formula is C23H26BN3O2. The molecular weight excluding hydrogens is 361 g/mol. The summed E-state index contributed by atoms with van der Waals surface area (Å²) in [5.74, 6) is 7.25. The first-order chi connectivity index (χ1) is 14.1. The van der Waals surface area contributed by atoms with E-state index in [1.54, 1.807) is 7.11 Å². The van der Waals surface area contributed by atoms with Gasteiger partial charge in [0.25, 0.3) is 0 Å². The molecule has 6 heteroatoms. The first-order valence-corrected chi connectivity index (χ1v) is 9.95. The van der Waals surface area contributed by atoms with Crippen molar-refractivity contribution >= 4 is 36.0 Å². The van der Waals surface area contributed by atoms with E-state index in [4.69, 9.17) is 10.5 Å². The van der Waals surface area contributed by atoms with Gasteiger partial charge in [0.2, 0.25) is 5.91 Å². The van der Waals surface area contributed by atoms with Crippen molar-refractivity contribution in [3.63, 3.8) is 0 Å². The highest BCUT2D eigenvalue weighted by Crippen LogP contribution is 2.31. The monoisotopic (exact) mass is 387 g/mol. The largest absolute Gasteiger partial charge is 0.497 e. The molecule has 0 unspecified atom stereocenters. The lowest BCUT2D eigenvalue weighted by Gasteiger charge is -2.05. The molecule has 0 saturated heterocycles. The van der Waals surface area contributed by atoms with E-state index < -0.39 is 0 Å². The first-order valence-electron chi connectivity index (χ1n) is 9.95. The van der Waals surface area contributed by atoms with Gasteiger partial charge in [0, 0.05) is 35.7 Å². The molecule has 148 valence electrons. The van der Waals surface area contributed by atoms with Crippen molar-refractivity contribution in [1.29, 1.82) is 0 Å². The fourth-order valence-corrected chi connectivity index (χ4v) is 3.28. The van der Waals surface area contributed by atoms with E-state index in [9.17, 15) is 4.79 Å². The van der Waals surface area contributed by atoms with Crippen molar-refractivity contribution in [3.8, 4) is 17.6 Å². The highest BCUT2D eigenvalue weighted by Gasteiger charge is 2.13. The molecule has 1 aromatic heterocycles. The van der Waals surface area contributed by atoms with Crippen LogP contribution in [0.5, 0.6) is 5.75 Å². The third-order valence-corrected chi connectivity index (χ3v) is 4.88. The second kappa shape index (κ2) is 9.25. The highest BCUT2D eigenvalue weighted by molar-refractivity contribution is 6.08. The summed E-state index contributed by atoms with van der Waals surface area (Å²) >= 11 is 0. The fraction of sp³-hybridized carbons (Fsp3) is 0.261. The fourth-order valence-electron chi connectivity index (χ4n) is 3.28. The number of rotatable bonds is 6. The standard InChI is InChI=1S/C23H26BN3O2/c1-3-27-20(23(25)19-12-11-18(29-2)15-21(19)27)13-8-16-6-9-17(10-7-16)26-22(28)5-4-14-24/h6-7,9-12,15H,3-5,14,24-25H2,1-2H3,(H,26,28). The van der Waals surface area contributed by atoms with Crippen LogP contribution in [0.2, 0.25) is 6.32 Å². The number of nitrogens with one attached hydrogen (secondary N) is 1. The molecule has 3 rings (SSSR count). The molecule has 3 aromatic rings. The number of nitrogens with zero attached hydrogens (tertiary/aromatic N) is 1. The van der Waals surface area contributed by atoms with Gasteiger partial charge in [-0.25, -0.2) is 0 Å². The van der Waals surface area contributed by atoms with Gasteiger partial charge in [0.1, 0.15) is 19.3 Å². The minimum Gasteiger partial charge on any atom is -0.497 e. The topological polar surface area (TPSA) is 69.3 Å². The maximum atomic E-state index is 11.8. The Labute approximate surface area is 172 Å². The molecule has 0 aliphatic heterocycles. The minimum absolute atomic E-state index is 0.0429. The van der Waals surface area contributed by atoms with Gasteiger partial charge in [-0.05, 0) is 49.2 Å². The van der Waals surface area contributed by atoms with E-state index in [0.29, 0.717) is 12.1 Å². The summed E-state index contributed by atoms with van der Waals surface area (Å²) in [7, 11) is 3.72. The van der Waals surface area contributed by atoms with Crippen molar-refractivity contribution in [2.24, 2.45) is 0 Å². The van der Waals surface area contributed by atoms with Crippen LogP contribution in [0.4, 0.5) is 11.4 Å². The lowest BCUT2D eigenvalue weighted by atomic mass is 10.0. The van der Waals surface area contributed by atoms with E-state index >= 15 is 0 Å². The number of hydrogen-bond donors (Lipinski definition) is 2. The van der Waals surface area contributed by atoms with Crippen LogP contribution in [0.1, 0.15) is 31.0 Å². The van der Waals surface area contributed by atoms with E-state index in [2.05, 4.69) is 36.5 Å². The molecule has 0 aliphatic carbocycles. The van der Waals surface area contributed by atoms with Gasteiger partial charge >= 0.3 is 0 Å². The van der Waals surface area contributed by atoms with E-state index in [0.717, 1.165) is 52.9 Å². The Kier molecular flexibility index (Phi) is 6.51. The Hall–Kier alpha value is -3.33. The van der Waals surface area contributed by atoms with Crippen molar-refractivity contribution < 1.29 is 9.53 Å². The molecule has 0 aliphatic rings. The third-order valence-electron chi connectivity index (χ3n) is 4.88. The smallest absolute Gasteiger partial charge is 0.224 e. The Bertz CT molecular complexity index is 1080. The van der Waals surface area contributed by atoms with Gasteiger partial charge < -0.3 is 20.4 Å². The average molecular weight is 387 g/mol. The molecule has 29 heavy (non-hydrogen) atoms. The van der Waals surface area contributed by atoms with Gasteiger partial charge in [-0.3, -0.25) is 4.79 Å². The van der Waals surface area contributed by atoms with Crippen LogP contribution in [0.25, 0.3) is 10.9 Å². The Balaban J connectivity index is 1.85. The number of carbonyl (C=O) groups excluding carboxylic acids is 1. The third kappa shape index (κ3) is 4.57. The number of benzene rings is 2. The molecule has 0 fully saturated rings. The van der Waals surface area contributed by atoms with E-state index in [1.165, 1.54) is 0 Å². The van der Waals surface area contributed by atoms with Crippen LogP contribution >= 0.6 is 0 Å². The number of ether oxygens (including phenoxy) is 1. The number of aryl methyl sites for hydroxylation is 1. The number of carbonyl (C=O) groups is 1. The molecule has 5 nitrogen and oxygen atoms in total. The van der Waals surface area contributed by atoms with Crippen LogP contribution < -0.4 is 15.8 Å². The maximum Gasteiger partial charge on any atom is 0.224 e. The lowest BCUT2D eigenvalue weighted by molar-refractivity contribution is -0.116. The number of fused-ring (bicyclic) bond motifs is 1. The number of methoxy groups -OCH3 is 1. The van der Waals surface area contributed by atoms with E-state index in [1.807, 2.05) is 42.5 Å². The number of amides is 1. The quantitative estimate of drug-likeness (QED) is 0.503. The lowest BCUT2D eigenvalue weighted by Crippen LogP contribution is -2.10. The van der Waals surface area contributed by atoms with Gasteiger partial charge in [-0.2, -0.15) is 0 Å². The summed E-state index contributed by atoms with van der Waals surface area (Å²) in [4.78, 5) is 11.8. The number of hydrogen-bond acceptors (Lipinski definition) is 3. The Morgan fingerprint density at radius 2 is 1.97 bits per heavy atom. The molecule has 2 aromatic carbocycles. The Morgan fingerprint density at radius 3 is 2.62 bits per heavy atom. The average Bonchev–Trinajstić information content (AvgIpc) is 3.02. The van der Waals surface area contributed by atoms with Crippen molar-refractivity contribution in [3.05, 3.63) is 53.7 Å². The number of aromatic nitrogens is 1. The summed E-state index contributed by atoms with van der Waals surface area (Å²) in [5, 5.41) is 3.88. The molecule has 3 N–H and O–H groups in total. The van der Waals surface area contributed by atoms with Gasteiger partial charge in [0.05, 0.1) is 18.3 Å². The number of anilines is 2. The number of nitrogens with two attached hydrogens (primary N) is 1. The zero-order chi connectivity index (χ0) is 20.8. The molecule has 0 saturated carbocycles. The predicted molar refractivity (Wildman–Crippen MR) is 122 cm³/mol. The van der Waals surface area contributed by atoms with Crippen LogP contribution in [-0.4, -0.2) is 25.4 Å². The van der Waals surface area contributed by atoms with Crippen LogP contribution in [0.15, 0.2) is 42.5 Å². The summed E-state index contributed by atoms with van der Waals surface area (Å²) < 4.78 is 7.44. The normalized spacial score (nSPS) is 10.4. The minimum atomic E-state index is 0.0429. The summed E-state index contributed by atoms with van der Waals surface area (Å²) in [6.45, 7) is 2.83. The van der Waals surface area contributed by atoms with Crippen molar-refractivity contribution in [2.75, 3.05) is 18.2 Å².